The smallest absolute Gasteiger partial charge is 0.321 e. The molecule has 2 rings (SSSR count). The van der Waals surface area contributed by atoms with Gasteiger partial charge in [0.25, 0.3) is 0 Å². The van der Waals surface area contributed by atoms with Crippen molar-refractivity contribution in [3.8, 4) is 0 Å². The van der Waals surface area contributed by atoms with Gasteiger partial charge in [0, 0.05) is 31.4 Å². The second kappa shape index (κ2) is 7.43. The molecule has 1 aliphatic heterocycles. The Labute approximate surface area is 127 Å². The molecule has 0 bridgehead atoms. The average Bonchev–Trinajstić information content (AvgIpc) is 2.71. The lowest BCUT2D eigenvalue weighted by atomic mass is 10.1. The van der Waals surface area contributed by atoms with Crippen LogP contribution in [0.5, 0.6) is 0 Å². The fourth-order valence-electron chi connectivity index (χ4n) is 2.50. The van der Waals surface area contributed by atoms with Crippen molar-refractivity contribution in [2.45, 2.75) is 19.4 Å². The first-order valence-corrected chi connectivity index (χ1v) is 7.62. The van der Waals surface area contributed by atoms with Crippen molar-refractivity contribution in [2.75, 3.05) is 45.6 Å². The van der Waals surface area contributed by atoms with Gasteiger partial charge in [0.15, 0.2) is 0 Å². The summed E-state index contributed by atoms with van der Waals surface area (Å²) < 4.78 is 0. The number of carbonyl (C=O) groups is 1. The number of amides is 2. The molecule has 1 fully saturated rings. The zero-order valence-electron chi connectivity index (χ0n) is 13.2. The van der Waals surface area contributed by atoms with E-state index in [4.69, 9.17) is 0 Å². The quantitative estimate of drug-likeness (QED) is 0.896. The molecular weight excluding hydrogens is 264 g/mol. The van der Waals surface area contributed by atoms with Crippen molar-refractivity contribution < 1.29 is 4.79 Å². The molecule has 0 spiro atoms. The predicted octanol–water partition coefficient (Wildman–Crippen LogP) is 2.14. The number of rotatable bonds is 3. The number of likely N-dealkylation sites (N-methyl/N-ethyl adjacent to an activating group) is 1. The Morgan fingerprint density at radius 3 is 2.81 bits per heavy atom. The number of hydrogen-bond donors (Lipinski definition) is 2. The van der Waals surface area contributed by atoms with E-state index < -0.39 is 0 Å². The van der Waals surface area contributed by atoms with Crippen LogP contribution in [0.25, 0.3) is 0 Å². The van der Waals surface area contributed by atoms with Crippen LogP contribution in [0.3, 0.4) is 0 Å². The molecule has 1 unspecified atom stereocenters. The molecule has 0 aromatic heterocycles. The SMILES string of the molecule is CNC(C)c1cccc(NC(=O)N2CCCN(C)CC2)c1. The number of anilines is 1. The first-order valence-electron chi connectivity index (χ1n) is 7.62. The molecule has 1 aliphatic rings. The number of hydrogen-bond acceptors (Lipinski definition) is 3. The fraction of sp³-hybridized carbons (Fsp3) is 0.562. The highest BCUT2D eigenvalue weighted by molar-refractivity contribution is 5.89. The molecular formula is C16H26N4O. The van der Waals surface area contributed by atoms with E-state index in [1.165, 1.54) is 5.56 Å². The van der Waals surface area contributed by atoms with Gasteiger partial charge in [-0.1, -0.05) is 12.1 Å². The molecule has 116 valence electrons. The minimum atomic E-state index is -0.000407. The maximum Gasteiger partial charge on any atom is 0.321 e. The number of urea groups is 1. The standard InChI is InChI=1S/C16H26N4O/c1-13(17-2)14-6-4-7-15(12-14)18-16(21)20-9-5-8-19(3)10-11-20/h4,6-7,12-13,17H,5,8-11H2,1-3H3,(H,18,21). The third kappa shape index (κ3) is 4.44. The van der Waals surface area contributed by atoms with E-state index in [9.17, 15) is 4.79 Å². The Hall–Kier alpha value is -1.59. The zero-order valence-corrected chi connectivity index (χ0v) is 13.2. The molecule has 2 N–H and O–H groups in total. The Balaban J connectivity index is 1.99. The molecule has 2 amide bonds. The molecule has 0 radical (unpaired) electrons. The molecule has 1 aromatic carbocycles. The van der Waals surface area contributed by atoms with Gasteiger partial charge in [-0.25, -0.2) is 4.79 Å². The average molecular weight is 290 g/mol. The van der Waals surface area contributed by atoms with E-state index in [2.05, 4.69) is 35.6 Å². The second-order valence-corrected chi connectivity index (χ2v) is 5.71. The molecule has 1 atom stereocenters. The van der Waals surface area contributed by atoms with Crippen molar-refractivity contribution in [3.63, 3.8) is 0 Å². The second-order valence-electron chi connectivity index (χ2n) is 5.71. The topological polar surface area (TPSA) is 47.6 Å². The van der Waals surface area contributed by atoms with Crippen molar-refractivity contribution in [1.29, 1.82) is 0 Å². The molecule has 1 aromatic rings. The summed E-state index contributed by atoms with van der Waals surface area (Å²) in [7, 11) is 4.04. The van der Waals surface area contributed by atoms with Crippen LogP contribution in [0.4, 0.5) is 10.5 Å². The van der Waals surface area contributed by atoms with Crippen molar-refractivity contribution >= 4 is 11.7 Å². The molecule has 0 saturated carbocycles. The van der Waals surface area contributed by atoms with Crippen molar-refractivity contribution in [2.24, 2.45) is 0 Å². The number of nitrogens with zero attached hydrogens (tertiary/aromatic N) is 2. The van der Waals surface area contributed by atoms with E-state index in [1.807, 2.05) is 30.1 Å². The van der Waals surface area contributed by atoms with Crippen LogP contribution in [0.1, 0.15) is 24.9 Å². The summed E-state index contributed by atoms with van der Waals surface area (Å²) in [6.45, 7) is 5.70. The van der Waals surface area contributed by atoms with Crippen LogP contribution in [-0.2, 0) is 0 Å². The summed E-state index contributed by atoms with van der Waals surface area (Å²) in [6.07, 6.45) is 1.03. The molecule has 21 heavy (non-hydrogen) atoms. The maximum atomic E-state index is 12.4. The van der Waals surface area contributed by atoms with Gasteiger partial charge >= 0.3 is 6.03 Å². The van der Waals surface area contributed by atoms with Gasteiger partial charge in [-0.05, 0) is 51.7 Å². The highest BCUT2D eigenvalue weighted by atomic mass is 16.2. The Kier molecular flexibility index (Phi) is 5.59. The molecule has 5 heteroatoms. The zero-order chi connectivity index (χ0) is 15.2. The number of benzene rings is 1. The first-order chi connectivity index (χ1) is 10.1. The Morgan fingerprint density at radius 1 is 1.24 bits per heavy atom. The van der Waals surface area contributed by atoms with Crippen molar-refractivity contribution in [1.82, 2.24) is 15.1 Å². The first kappa shape index (κ1) is 15.8. The minimum absolute atomic E-state index is 0.000407. The summed E-state index contributed by atoms with van der Waals surface area (Å²) in [6, 6.07) is 8.29. The summed E-state index contributed by atoms with van der Waals surface area (Å²) >= 11 is 0. The fourth-order valence-corrected chi connectivity index (χ4v) is 2.50. The van der Waals surface area contributed by atoms with Gasteiger partial charge in [-0.3, -0.25) is 0 Å². The van der Waals surface area contributed by atoms with E-state index in [1.54, 1.807) is 0 Å². The number of nitrogens with one attached hydrogen (secondary N) is 2. The summed E-state index contributed by atoms with van der Waals surface area (Å²) in [5, 5.41) is 6.22. The van der Waals surface area contributed by atoms with Gasteiger partial charge < -0.3 is 20.4 Å². The van der Waals surface area contributed by atoms with Crippen LogP contribution in [-0.4, -0.2) is 56.1 Å². The highest BCUT2D eigenvalue weighted by Gasteiger charge is 2.17. The highest BCUT2D eigenvalue weighted by Crippen LogP contribution is 2.17. The number of carbonyl (C=O) groups excluding carboxylic acids is 1. The van der Waals surface area contributed by atoms with Crippen molar-refractivity contribution in [3.05, 3.63) is 29.8 Å². The maximum absolute atomic E-state index is 12.4. The summed E-state index contributed by atoms with van der Waals surface area (Å²) in [4.78, 5) is 16.5. The molecule has 5 nitrogen and oxygen atoms in total. The molecule has 1 saturated heterocycles. The molecule has 1 heterocycles. The Morgan fingerprint density at radius 2 is 2.05 bits per heavy atom. The third-order valence-corrected chi connectivity index (χ3v) is 4.08. The monoisotopic (exact) mass is 290 g/mol. The summed E-state index contributed by atoms with van der Waals surface area (Å²) in [5.41, 5.74) is 2.03. The normalized spacial score (nSPS) is 18.1. The van der Waals surface area contributed by atoms with Gasteiger partial charge in [0.1, 0.15) is 0 Å². The van der Waals surface area contributed by atoms with E-state index >= 15 is 0 Å². The van der Waals surface area contributed by atoms with E-state index in [0.29, 0.717) is 0 Å². The van der Waals surface area contributed by atoms with Gasteiger partial charge in [-0.15, -0.1) is 0 Å². The van der Waals surface area contributed by atoms with Crippen LogP contribution < -0.4 is 10.6 Å². The Bertz CT molecular complexity index is 477. The van der Waals surface area contributed by atoms with Crippen LogP contribution in [0.15, 0.2) is 24.3 Å². The van der Waals surface area contributed by atoms with Crippen LogP contribution in [0.2, 0.25) is 0 Å². The lowest BCUT2D eigenvalue weighted by Gasteiger charge is -2.21. The van der Waals surface area contributed by atoms with Gasteiger partial charge in [0.05, 0.1) is 0 Å². The summed E-state index contributed by atoms with van der Waals surface area (Å²) in [5.74, 6) is 0. The lowest BCUT2D eigenvalue weighted by Crippen LogP contribution is -2.37. The van der Waals surface area contributed by atoms with E-state index in [0.717, 1.165) is 38.3 Å². The minimum Gasteiger partial charge on any atom is -0.323 e. The van der Waals surface area contributed by atoms with E-state index in [-0.39, 0.29) is 12.1 Å². The largest absolute Gasteiger partial charge is 0.323 e. The van der Waals surface area contributed by atoms with Crippen LogP contribution in [0, 0.1) is 0 Å². The lowest BCUT2D eigenvalue weighted by molar-refractivity contribution is 0.213. The molecule has 0 aliphatic carbocycles. The van der Waals surface area contributed by atoms with Crippen LogP contribution >= 0.6 is 0 Å². The third-order valence-electron chi connectivity index (χ3n) is 4.08. The van der Waals surface area contributed by atoms with Gasteiger partial charge in [0.2, 0.25) is 0 Å². The van der Waals surface area contributed by atoms with Gasteiger partial charge in [-0.2, -0.15) is 0 Å². The predicted molar refractivity (Wildman–Crippen MR) is 86.6 cm³/mol.